The molecule has 0 atom stereocenters. The lowest BCUT2D eigenvalue weighted by Gasteiger charge is -2.18. The molecule has 1 aromatic heterocycles. The average molecular weight is 451 g/mol. The fourth-order valence-corrected chi connectivity index (χ4v) is 3.37. The Bertz CT molecular complexity index is 1150. The van der Waals surface area contributed by atoms with E-state index in [0.29, 0.717) is 40.0 Å². The Labute approximate surface area is 191 Å². The first-order valence-electron chi connectivity index (χ1n) is 9.83. The molecule has 0 saturated heterocycles. The number of para-hydroxylation sites is 1. The molecule has 32 heavy (non-hydrogen) atoms. The molecule has 0 unspecified atom stereocenters. The Hall–Kier alpha value is -3.71. The maximum absolute atomic E-state index is 12.9. The zero-order chi connectivity index (χ0) is 23.1. The highest BCUT2D eigenvalue weighted by molar-refractivity contribution is 6.33. The highest BCUT2D eigenvalue weighted by atomic mass is 35.5. The monoisotopic (exact) mass is 450 g/mol. The van der Waals surface area contributed by atoms with Crippen molar-refractivity contribution in [1.82, 2.24) is 9.97 Å². The van der Waals surface area contributed by atoms with Crippen molar-refractivity contribution in [2.24, 2.45) is 0 Å². The highest BCUT2D eigenvalue weighted by Crippen LogP contribution is 2.28. The summed E-state index contributed by atoms with van der Waals surface area (Å²) < 4.78 is 5.22. The summed E-state index contributed by atoms with van der Waals surface area (Å²) in [5.74, 6) is 0.517. The first-order chi connectivity index (χ1) is 15.4. The topological polar surface area (TPSA) is 84.4 Å². The number of nitrogens with one attached hydrogen (secondary N) is 1. The molecule has 1 N–H and O–H groups in total. The van der Waals surface area contributed by atoms with Crippen LogP contribution in [-0.2, 0) is 22.4 Å². The van der Waals surface area contributed by atoms with Crippen molar-refractivity contribution in [2.45, 2.75) is 12.8 Å². The fourth-order valence-electron chi connectivity index (χ4n) is 3.10. The molecule has 0 aliphatic heterocycles. The van der Waals surface area contributed by atoms with Crippen LogP contribution >= 0.6 is 11.6 Å². The lowest BCUT2D eigenvalue weighted by atomic mass is 10.1. The van der Waals surface area contributed by atoms with Gasteiger partial charge in [0.15, 0.2) is 0 Å². The van der Waals surface area contributed by atoms with E-state index in [2.05, 4.69) is 21.9 Å². The lowest BCUT2D eigenvalue weighted by Crippen LogP contribution is -2.29. The molecule has 0 aliphatic carbocycles. The summed E-state index contributed by atoms with van der Waals surface area (Å²) in [6.45, 7) is 3.48. The third kappa shape index (κ3) is 5.50. The van der Waals surface area contributed by atoms with Gasteiger partial charge in [-0.1, -0.05) is 48.5 Å². The molecule has 0 bridgehead atoms. The van der Waals surface area contributed by atoms with Gasteiger partial charge in [0.25, 0.3) is 0 Å². The molecule has 0 spiro atoms. The third-order valence-corrected chi connectivity index (χ3v) is 5.29. The number of ether oxygens (including phenoxy) is 1. The molecule has 1 heterocycles. The second-order valence-electron chi connectivity index (χ2n) is 6.96. The summed E-state index contributed by atoms with van der Waals surface area (Å²) in [5, 5.41) is 3.21. The van der Waals surface area contributed by atoms with Crippen LogP contribution in [0.4, 0.5) is 11.5 Å². The number of anilines is 2. The standard InChI is InChI=1S/C24H23ClN4O3/c1-4-22(30)28-19-10-6-5-8-16(19)12-18-14-21(27-15-26-18)29(2)23(31)13-17-9-7-11-20(32-3)24(17)25/h4-11,14-15H,1,12-13H2,2-3H3,(H,28,30). The number of hydrogen-bond donors (Lipinski definition) is 1. The average Bonchev–Trinajstić information content (AvgIpc) is 2.81. The molecule has 0 saturated carbocycles. The van der Waals surface area contributed by atoms with Gasteiger partial charge in [0.05, 0.1) is 24.2 Å². The first kappa shape index (κ1) is 23.0. The quantitative estimate of drug-likeness (QED) is 0.523. The fraction of sp³-hybridized carbons (Fsp3) is 0.167. The summed E-state index contributed by atoms with van der Waals surface area (Å²) in [6, 6.07) is 14.5. The number of halogens is 1. The van der Waals surface area contributed by atoms with Crippen LogP contribution < -0.4 is 15.0 Å². The van der Waals surface area contributed by atoms with Crippen molar-refractivity contribution in [3.05, 3.63) is 89.4 Å². The minimum absolute atomic E-state index is 0.0995. The van der Waals surface area contributed by atoms with Gasteiger partial charge in [-0.25, -0.2) is 9.97 Å². The Morgan fingerprint density at radius 1 is 1.16 bits per heavy atom. The number of nitrogens with zero attached hydrogens (tertiary/aromatic N) is 3. The molecule has 0 fully saturated rings. The van der Waals surface area contributed by atoms with Crippen LogP contribution in [0.3, 0.4) is 0 Å². The van der Waals surface area contributed by atoms with Gasteiger partial charge in [0.2, 0.25) is 11.8 Å². The van der Waals surface area contributed by atoms with Crippen molar-refractivity contribution in [2.75, 3.05) is 24.4 Å². The molecule has 3 aromatic rings. The van der Waals surface area contributed by atoms with Crippen molar-refractivity contribution in [1.29, 1.82) is 0 Å². The summed E-state index contributed by atoms with van der Waals surface area (Å²) in [7, 11) is 3.18. The SMILES string of the molecule is C=CC(=O)Nc1ccccc1Cc1cc(N(C)C(=O)Cc2cccc(OC)c2Cl)ncn1. The van der Waals surface area contributed by atoms with Crippen LogP contribution in [-0.4, -0.2) is 35.9 Å². The Kier molecular flexibility index (Phi) is 7.57. The van der Waals surface area contributed by atoms with Crippen LogP contribution in [0, 0.1) is 0 Å². The van der Waals surface area contributed by atoms with Gasteiger partial charge in [-0.3, -0.25) is 14.5 Å². The largest absolute Gasteiger partial charge is 0.495 e. The van der Waals surface area contributed by atoms with E-state index in [1.165, 1.54) is 24.4 Å². The minimum Gasteiger partial charge on any atom is -0.495 e. The summed E-state index contributed by atoms with van der Waals surface area (Å²) in [5.41, 5.74) is 2.93. The number of amides is 2. The van der Waals surface area contributed by atoms with Crippen LogP contribution in [0.15, 0.2) is 67.5 Å². The predicted molar refractivity (Wildman–Crippen MR) is 125 cm³/mol. The normalized spacial score (nSPS) is 10.3. The van der Waals surface area contributed by atoms with Crippen molar-refractivity contribution in [3.63, 3.8) is 0 Å². The van der Waals surface area contributed by atoms with E-state index in [1.54, 1.807) is 31.3 Å². The van der Waals surface area contributed by atoms with E-state index in [4.69, 9.17) is 16.3 Å². The number of hydrogen-bond acceptors (Lipinski definition) is 5. The molecule has 164 valence electrons. The maximum Gasteiger partial charge on any atom is 0.247 e. The van der Waals surface area contributed by atoms with Gasteiger partial charge in [-0.05, 0) is 29.3 Å². The lowest BCUT2D eigenvalue weighted by molar-refractivity contribution is -0.117. The molecule has 7 nitrogen and oxygen atoms in total. The van der Waals surface area contributed by atoms with Crippen LogP contribution in [0.1, 0.15) is 16.8 Å². The third-order valence-electron chi connectivity index (χ3n) is 4.86. The molecule has 0 radical (unpaired) electrons. The van der Waals surface area contributed by atoms with Crippen LogP contribution in [0.2, 0.25) is 5.02 Å². The molecule has 0 aliphatic rings. The second-order valence-corrected chi connectivity index (χ2v) is 7.34. The van der Waals surface area contributed by atoms with Crippen LogP contribution in [0.25, 0.3) is 0 Å². The van der Waals surface area contributed by atoms with Gasteiger partial charge in [-0.15, -0.1) is 0 Å². The van der Waals surface area contributed by atoms with E-state index < -0.39 is 0 Å². The predicted octanol–water partition coefficient (Wildman–Crippen LogP) is 4.06. The molecule has 8 heteroatoms. The van der Waals surface area contributed by atoms with E-state index >= 15 is 0 Å². The first-order valence-corrected chi connectivity index (χ1v) is 10.2. The second kappa shape index (κ2) is 10.5. The van der Waals surface area contributed by atoms with E-state index in [9.17, 15) is 9.59 Å². The number of likely N-dealkylation sites (N-methyl/N-ethyl adjacent to an activating group) is 1. The number of benzene rings is 2. The van der Waals surface area contributed by atoms with Crippen LogP contribution in [0.5, 0.6) is 5.75 Å². The smallest absolute Gasteiger partial charge is 0.247 e. The molecular formula is C24H23ClN4O3. The van der Waals surface area contributed by atoms with Gasteiger partial charge in [-0.2, -0.15) is 0 Å². The van der Waals surface area contributed by atoms with Gasteiger partial charge >= 0.3 is 0 Å². The van der Waals surface area contributed by atoms with E-state index in [-0.39, 0.29) is 18.2 Å². The molecule has 2 aromatic carbocycles. The van der Waals surface area contributed by atoms with Gasteiger partial charge < -0.3 is 10.1 Å². The summed E-state index contributed by atoms with van der Waals surface area (Å²) in [4.78, 5) is 34.6. The van der Waals surface area contributed by atoms with E-state index in [0.717, 1.165) is 5.56 Å². The number of methoxy groups -OCH3 is 1. The summed E-state index contributed by atoms with van der Waals surface area (Å²) in [6.07, 6.45) is 3.18. The Balaban J connectivity index is 1.77. The molecule has 3 rings (SSSR count). The van der Waals surface area contributed by atoms with Gasteiger partial charge in [0, 0.05) is 25.2 Å². The zero-order valence-corrected chi connectivity index (χ0v) is 18.6. The Morgan fingerprint density at radius 2 is 1.91 bits per heavy atom. The number of rotatable bonds is 8. The van der Waals surface area contributed by atoms with Crippen molar-refractivity contribution >= 4 is 34.9 Å². The molecule has 2 amide bonds. The van der Waals surface area contributed by atoms with Crippen molar-refractivity contribution in [3.8, 4) is 5.75 Å². The highest BCUT2D eigenvalue weighted by Gasteiger charge is 2.17. The van der Waals surface area contributed by atoms with Crippen molar-refractivity contribution < 1.29 is 14.3 Å². The van der Waals surface area contributed by atoms with E-state index in [1.807, 2.05) is 24.3 Å². The number of carbonyl (C=O) groups is 2. The number of aromatic nitrogens is 2. The minimum atomic E-state index is -0.289. The van der Waals surface area contributed by atoms with Gasteiger partial charge in [0.1, 0.15) is 17.9 Å². The zero-order valence-electron chi connectivity index (χ0n) is 17.8. The maximum atomic E-state index is 12.9. The summed E-state index contributed by atoms with van der Waals surface area (Å²) >= 11 is 6.32. The Morgan fingerprint density at radius 3 is 2.66 bits per heavy atom. The number of carbonyl (C=O) groups excluding carboxylic acids is 2. The molecular weight excluding hydrogens is 428 g/mol.